The van der Waals surface area contributed by atoms with E-state index in [1.807, 2.05) is 0 Å². The maximum atomic E-state index is 7.24. The molecule has 0 aromatic heterocycles. The Kier molecular flexibility index (Phi) is 7.16. The van der Waals surface area contributed by atoms with Crippen LogP contribution >= 0.6 is 0 Å². The Morgan fingerprint density at radius 1 is 0.760 bits per heavy atom. The summed E-state index contributed by atoms with van der Waals surface area (Å²) in [6, 6.07) is 0. The number of fused-ring (bicyclic) bond motifs is 4. The number of rotatable bonds is 6. The third-order valence-corrected chi connectivity index (χ3v) is 14.4. The summed E-state index contributed by atoms with van der Waals surface area (Å²) >= 11 is -2.69. The van der Waals surface area contributed by atoms with Crippen molar-refractivity contribution in [2.24, 2.45) is 22.7 Å². The van der Waals surface area contributed by atoms with E-state index < -0.39 is 13.9 Å². The van der Waals surface area contributed by atoms with Crippen molar-refractivity contribution in [1.82, 2.24) is 0 Å². The van der Waals surface area contributed by atoms with Crippen LogP contribution in [0.15, 0.2) is 0 Å². The predicted molar refractivity (Wildman–Crippen MR) is 110 cm³/mol. The summed E-state index contributed by atoms with van der Waals surface area (Å²) in [5.74, 6) is 1.26. The third-order valence-electron chi connectivity index (χ3n) is 6.61. The molecule has 0 aromatic carbocycles. The molecule has 0 N–H and O–H groups in total. The molecule has 2 unspecified atom stereocenters. The summed E-state index contributed by atoms with van der Waals surface area (Å²) in [5.41, 5.74) is 0.591. The van der Waals surface area contributed by atoms with Gasteiger partial charge in [-0.05, 0) is 0 Å². The van der Waals surface area contributed by atoms with Gasteiger partial charge in [-0.3, -0.25) is 0 Å². The Morgan fingerprint density at radius 2 is 1.20 bits per heavy atom. The molecule has 25 heavy (non-hydrogen) atoms. The summed E-state index contributed by atoms with van der Waals surface area (Å²) in [4.78, 5) is 0. The predicted octanol–water partition coefficient (Wildman–Crippen LogP) is 6.93. The van der Waals surface area contributed by atoms with Crippen LogP contribution in [0.5, 0.6) is 0 Å². The van der Waals surface area contributed by atoms with Crippen LogP contribution in [0.4, 0.5) is 0 Å². The average Bonchev–Trinajstić information content (AvgIpc) is 2.75. The van der Waals surface area contributed by atoms with Gasteiger partial charge in [-0.1, -0.05) is 0 Å². The van der Waals surface area contributed by atoms with E-state index >= 15 is 0 Å². The van der Waals surface area contributed by atoms with E-state index in [1.54, 1.807) is 0 Å². The van der Waals surface area contributed by atoms with Crippen LogP contribution in [0.1, 0.15) is 93.9 Å². The summed E-state index contributed by atoms with van der Waals surface area (Å²) in [7, 11) is 0. The standard InChI is InChI=1S/C22H44GeO2/c1-9-11-13-23(14-12-10-2)24-17-15-18(21(3,4)5)20(25-23)19(16-17)22(6,7)8/h17-20H,9-16H2,1-8H3/t17?,18-,19+,20?. The van der Waals surface area contributed by atoms with Crippen LogP contribution in [-0.2, 0) is 7.53 Å². The molecule has 0 radical (unpaired) electrons. The molecule has 2 bridgehead atoms. The van der Waals surface area contributed by atoms with E-state index in [0.29, 0.717) is 34.9 Å². The molecular weight excluding hydrogens is 369 g/mol. The monoisotopic (exact) mass is 414 g/mol. The number of hydrogen-bond donors (Lipinski definition) is 0. The Hall–Kier alpha value is 0.463. The first-order valence-corrected chi connectivity index (χ1v) is 15.6. The van der Waals surface area contributed by atoms with E-state index in [0.717, 1.165) is 0 Å². The van der Waals surface area contributed by atoms with Crippen molar-refractivity contribution in [3.63, 3.8) is 0 Å². The van der Waals surface area contributed by atoms with Crippen molar-refractivity contribution in [3.05, 3.63) is 0 Å². The molecule has 2 heterocycles. The quantitative estimate of drug-likeness (QED) is 0.440. The molecule has 1 aliphatic carbocycles. The van der Waals surface area contributed by atoms with Crippen molar-refractivity contribution in [2.75, 3.05) is 0 Å². The topological polar surface area (TPSA) is 18.5 Å². The van der Waals surface area contributed by atoms with Crippen molar-refractivity contribution in [1.29, 1.82) is 0 Å². The molecule has 2 aliphatic heterocycles. The minimum atomic E-state index is -2.69. The first kappa shape index (κ1) is 21.8. The Balaban J connectivity index is 2.37. The van der Waals surface area contributed by atoms with Crippen molar-refractivity contribution < 1.29 is 7.53 Å². The van der Waals surface area contributed by atoms with Gasteiger partial charge in [0.15, 0.2) is 0 Å². The zero-order valence-electron chi connectivity index (χ0n) is 18.3. The molecule has 1 saturated carbocycles. The van der Waals surface area contributed by atoms with Crippen molar-refractivity contribution >= 4 is 13.9 Å². The fraction of sp³-hybridized carbons (Fsp3) is 1.00. The molecular formula is C22H44GeO2. The molecule has 3 rings (SSSR count). The van der Waals surface area contributed by atoms with Gasteiger partial charge in [0.25, 0.3) is 0 Å². The molecule has 148 valence electrons. The van der Waals surface area contributed by atoms with E-state index in [4.69, 9.17) is 7.53 Å². The van der Waals surface area contributed by atoms with Crippen LogP contribution in [-0.4, -0.2) is 26.1 Å². The SMILES string of the molecule is CCC[CH2][Ge]1([CH2]CCC)[O]C2C[C@@H](C(C)(C)C)C([O]1)[C@@H](C(C)(C)C)C2. The van der Waals surface area contributed by atoms with E-state index in [1.165, 1.54) is 49.0 Å². The summed E-state index contributed by atoms with van der Waals surface area (Å²) in [6.45, 7) is 19.1. The van der Waals surface area contributed by atoms with Gasteiger partial charge < -0.3 is 0 Å². The second-order valence-electron chi connectivity index (χ2n) is 10.9. The van der Waals surface area contributed by atoms with Crippen LogP contribution in [0.2, 0.25) is 10.5 Å². The summed E-state index contributed by atoms with van der Waals surface area (Å²) in [6.07, 6.45) is 8.36. The van der Waals surface area contributed by atoms with Gasteiger partial charge in [-0.15, -0.1) is 0 Å². The minimum absolute atomic E-state index is 0.296. The molecule has 2 saturated heterocycles. The first-order valence-electron chi connectivity index (χ1n) is 10.9. The van der Waals surface area contributed by atoms with Gasteiger partial charge >= 0.3 is 161 Å². The molecule has 4 atom stereocenters. The Bertz CT molecular complexity index is 389. The molecule has 0 spiro atoms. The Morgan fingerprint density at radius 3 is 1.56 bits per heavy atom. The molecule has 3 fully saturated rings. The average molecular weight is 413 g/mol. The van der Waals surface area contributed by atoms with E-state index in [2.05, 4.69) is 55.4 Å². The third kappa shape index (κ3) is 5.26. The summed E-state index contributed by atoms with van der Waals surface area (Å²) < 4.78 is 14.2. The zero-order chi connectivity index (χ0) is 18.9. The van der Waals surface area contributed by atoms with Crippen molar-refractivity contribution in [3.8, 4) is 0 Å². The molecule has 3 heteroatoms. The number of hydrogen-bond acceptors (Lipinski definition) is 2. The zero-order valence-corrected chi connectivity index (χ0v) is 20.4. The fourth-order valence-electron chi connectivity index (χ4n) is 5.00. The van der Waals surface area contributed by atoms with Gasteiger partial charge in [0.05, 0.1) is 0 Å². The van der Waals surface area contributed by atoms with Gasteiger partial charge in [-0.2, -0.15) is 0 Å². The molecule has 0 aromatic rings. The number of unbranched alkanes of at least 4 members (excludes halogenated alkanes) is 2. The second-order valence-corrected chi connectivity index (χ2v) is 17.8. The van der Waals surface area contributed by atoms with Gasteiger partial charge in [0.1, 0.15) is 0 Å². The first-order chi connectivity index (χ1) is 11.5. The van der Waals surface area contributed by atoms with Crippen LogP contribution in [0.3, 0.4) is 0 Å². The fourth-order valence-corrected chi connectivity index (χ4v) is 13.8. The molecule has 0 amide bonds. The molecule has 3 aliphatic rings. The molecule has 2 nitrogen and oxygen atoms in total. The van der Waals surface area contributed by atoms with E-state index in [-0.39, 0.29) is 0 Å². The van der Waals surface area contributed by atoms with Crippen LogP contribution in [0, 0.1) is 22.7 Å². The van der Waals surface area contributed by atoms with Crippen molar-refractivity contribution in [2.45, 2.75) is 117 Å². The summed E-state index contributed by atoms with van der Waals surface area (Å²) in [5, 5.41) is 2.49. The van der Waals surface area contributed by atoms with Crippen LogP contribution in [0.25, 0.3) is 0 Å². The van der Waals surface area contributed by atoms with Gasteiger partial charge in [0, 0.05) is 0 Å². The Labute approximate surface area is 160 Å². The second kappa shape index (κ2) is 8.23. The van der Waals surface area contributed by atoms with Gasteiger partial charge in [0.2, 0.25) is 0 Å². The maximum absolute atomic E-state index is 7.24. The normalized spacial score (nSPS) is 32.6. The van der Waals surface area contributed by atoms with E-state index in [9.17, 15) is 0 Å². The van der Waals surface area contributed by atoms with Crippen LogP contribution < -0.4 is 0 Å². The van der Waals surface area contributed by atoms with Gasteiger partial charge in [-0.25, -0.2) is 0 Å².